The fraction of sp³-hybridized carbons (Fsp3) is 0.786. The van der Waals surface area contributed by atoms with Crippen molar-refractivity contribution < 1.29 is 9.53 Å². The lowest BCUT2D eigenvalue weighted by Crippen LogP contribution is -2.27. The van der Waals surface area contributed by atoms with Gasteiger partial charge in [0.25, 0.3) is 0 Å². The van der Waals surface area contributed by atoms with Crippen LogP contribution in [0, 0.1) is 12.8 Å². The van der Waals surface area contributed by atoms with Crippen LogP contribution in [-0.2, 0) is 4.74 Å². The molecular weight excluding hydrogens is 242 g/mol. The highest BCUT2D eigenvalue weighted by atomic mass is 16.5. The molecule has 106 valence electrons. The van der Waals surface area contributed by atoms with Crippen molar-refractivity contribution in [1.82, 2.24) is 14.8 Å². The maximum atomic E-state index is 12.0. The van der Waals surface area contributed by atoms with Gasteiger partial charge in [-0.25, -0.2) is 4.79 Å². The van der Waals surface area contributed by atoms with E-state index in [0.717, 1.165) is 18.7 Å². The Kier molecular flexibility index (Phi) is 4.56. The van der Waals surface area contributed by atoms with E-state index in [9.17, 15) is 4.79 Å². The first-order chi connectivity index (χ1) is 9.19. The Hall–Kier alpha value is -1.39. The zero-order valence-electron chi connectivity index (χ0n) is 12.1. The molecule has 0 radical (unpaired) electrons. The lowest BCUT2D eigenvalue weighted by atomic mass is 9.82. The third-order valence-electron chi connectivity index (χ3n) is 4.05. The number of hydrogen-bond acceptors (Lipinski definition) is 4. The summed E-state index contributed by atoms with van der Waals surface area (Å²) in [5.41, 5.74) is 0. The SMILES string of the molecule is CCOC(=O)c1nnc(C)n1C1CCCCC1CC. The van der Waals surface area contributed by atoms with Crippen LogP contribution >= 0.6 is 0 Å². The normalized spacial score (nSPS) is 23.3. The molecule has 2 rings (SSSR count). The summed E-state index contributed by atoms with van der Waals surface area (Å²) < 4.78 is 7.08. The van der Waals surface area contributed by atoms with Crippen molar-refractivity contribution in [3.8, 4) is 0 Å². The van der Waals surface area contributed by atoms with Gasteiger partial charge in [-0.15, -0.1) is 10.2 Å². The van der Waals surface area contributed by atoms with E-state index in [4.69, 9.17) is 4.74 Å². The van der Waals surface area contributed by atoms with Crippen molar-refractivity contribution in [2.75, 3.05) is 6.61 Å². The molecule has 1 heterocycles. The third-order valence-corrected chi connectivity index (χ3v) is 4.05. The van der Waals surface area contributed by atoms with Crippen molar-refractivity contribution in [2.45, 2.75) is 58.9 Å². The smallest absolute Gasteiger partial charge is 0.376 e. The highest BCUT2D eigenvalue weighted by Gasteiger charge is 2.30. The second-order valence-corrected chi connectivity index (χ2v) is 5.18. The summed E-state index contributed by atoms with van der Waals surface area (Å²) in [7, 11) is 0. The van der Waals surface area contributed by atoms with Gasteiger partial charge < -0.3 is 9.30 Å². The Morgan fingerprint density at radius 3 is 2.74 bits per heavy atom. The Balaban J connectivity index is 2.31. The highest BCUT2D eigenvalue weighted by molar-refractivity contribution is 5.85. The van der Waals surface area contributed by atoms with E-state index in [-0.39, 0.29) is 5.97 Å². The molecule has 2 atom stereocenters. The van der Waals surface area contributed by atoms with Crippen molar-refractivity contribution in [3.05, 3.63) is 11.6 Å². The molecule has 0 aromatic carbocycles. The maximum Gasteiger partial charge on any atom is 0.376 e. The molecule has 0 aliphatic heterocycles. The Morgan fingerprint density at radius 1 is 1.32 bits per heavy atom. The number of aromatic nitrogens is 3. The lowest BCUT2D eigenvalue weighted by molar-refractivity contribution is 0.0497. The van der Waals surface area contributed by atoms with Gasteiger partial charge in [0.15, 0.2) is 0 Å². The quantitative estimate of drug-likeness (QED) is 0.785. The summed E-state index contributed by atoms with van der Waals surface area (Å²) in [4.78, 5) is 12.0. The van der Waals surface area contributed by atoms with E-state index in [1.165, 1.54) is 19.3 Å². The minimum absolute atomic E-state index is 0.341. The number of nitrogens with zero attached hydrogens (tertiary/aromatic N) is 3. The van der Waals surface area contributed by atoms with Crippen LogP contribution in [0.1, 0.15) is 68.4 Å². The maximum absolute atomic E-state index is 12.0. The molecule has 1 fully saturated rings. The van der Waals surface area contributed by atoms with E-state index in [0.29, 0.717) is 24.4 Å². The molecule has 5 heteroatoms. The van der Waals surface area contributed by atoms with Crippen LogP contribution in [0.4, 0.5) is 0 Å². The first-order valence-electron chi connectivity index (χ1n) is 7.27. The summed E-state index contributed by atoms with van der Waals surface area (Å²) in [5, 5.41) is 8.09. The minimum atomic E-state index is -0.358. The van der Waals surface area contributed by atoms with E-state index < -0.39 is 0 Å². The predicted molar refractivity (Wildman–Crippen MR) is 72.0 cm³/mol. The zero-order valence-corrected chi connectivity index (χ0v) is 12.1. The first kappa shape index (κ1) is 14.0. The number of carbonyl (C=O) groups is 1. The van der Waals surface area contributed by atoms with Crippen molar-refractivity contribution in [1.29, 1.82) is 0 Å². The summed E-state index contributed by atoms with van der Waals surface area (Å²) in [6, 6.07) is 0.341. The Morgan fingerprint density at radius 2 is 2.05 bits per heavy atom. The fourth-order valence-corrected chi connectivity index (χ4v) is 3.11. The number of rotatable bonds is 4. The molecule has 19 heavy (non-hydrogen) atoms. The summed E-state index contributed by atoms with van der Waals surface area (Å²) in [6.45, 7) is 6.30. The number of aryl methyl sites for hydroxylation is 1. The molecule has 0 N–H and O–H groups in total. The van der Waals surface area contributed by atoms with E-state index in [1.54, 1.807) is 6.92 Å². The highest BCUT2D eigenvalue weighted by Crippen LogP contribution is 2.37. The predicted octanol–water partition coefficient (Wildman–Crippen LogP) is 2.90. The standard InChI is InChI=1S/C14H23N3O2/c1-4-11-8-6-7-9-12(11)17-10(3)15-16-13(17)14(18)19-5-2/h11-12H,4-9H2,1-3H3. The Labute approximate surface area is 114 Å². The van der Waals surface area contributed by atoms with Crippen molar-refractivity contribution >= 4 is 5.97 Å². The summed E-state index contributed by atoms with van der Waals surface area (Å²) in [5.74, 6) is 1.43. The summed E-state index contributed by atoms with van der Waals surface area (Å²) >= 11 is 0. The van der Waals surface area contributed by atoms with Crippen LogP contribution < -0.4 is 0 Å². The molecule has 0 bridgehead atoms. The van der Waals surface area contributed by atoms with Crippen LogP contribution in [0.15, 0.2) is 0 Å². The van der Waals surface area contributed by atoms with Crippen molar-refractivity contribution in [2.24, 2.45) is 5.92 Å². The van der Waals surface area contributed by atoms with Crippen LogP contribution in [0.25, 0.3) is 0 Å². The van der Waals surface area contributed by atoms with Gasteiger partial charge in [0.2, 0.25) is 5.82 Å². The van der Waals surface area contributed by atoms with Gasteiger partial charge >= 0.3 is 5.97 Å². The lowest BCUT2D eigenvalue weighted by Gasteiger charge is -2.32. The molecule has 0 amide bonds. The molecule has 2 unspecified atom stereocenters. The molecule has 1 aromatic rings. The van der Waals surface area contributed by atoms with E-state index >= 15 is 0 Å². The molecule has 0 spiro atoms. The van der Waals surface area contributed by atoms with Crippen LogP contribution in [0.2, 0.25) is 0 Å². The van der Waals surface area contributed by atoms with Gasteiger partial charge in [-0.05, 0) is 32.6 Å². The van der Waals surface area contributed by atoms with E-state index in [1.807, 2.05) is 11.5 Å². The van der Waals surface area contributed by atoms with Gasteiger partial charge in [-0.2, -0.15) is 0 Å². The molecule has 1 aliphatic carbocycles. The first-order valence-corrected chi connectivity index (χ1v) is 7.27. The summed E-state index contributed by atoms with van der Waals surface area (Å²) in [6.07, 6.45) is 5.95. The molecular formula is C14H23N3O2. The number of carbonyl (C=O) groups excluding carboxylic acids is 1. The largest absolute Gasteiger partial charge is 0.460 e. The second-order valence-electron chi connectivity index (χ2n) is 5.18. The molecule has 5 nitrogen and oxygen atoms in total. The van der Waals surface area contributed by atoms with Crippen molar-refractivity contribution in [3.63, 3.8) is 0 Å². The number of hydrogen-bond donors (Lipinski definition) is 0. The van der Waals surface area contributed by atoms with Crippen LogP contribution in [0.5, 0.6) is 0 Å². The Bertz CT molecular complexity index is 442. The fourth-order valence-electron chi connectivity index (χ4n) is 3.11. The topological polar surface area (TPSA) is 57.0 Å². The molecule has 0 saturated heterocycles. The third kappa shape index (κ3) is 2.80. The molecule has 1 aromatic heterocycles. The van der Waals surface area contributed by atoms with Gasteiger partial charge in [-0.1, -0.05) is 26.2 Å². The van der Waals surface area contributed by atoms with Crippen LogP contribution in [-0.4, -0.2) is 27.3 Å². The second kappa shape index (κ2) is 6.17. The van der Waals surface area contributed by atoms with Gasteiger partial charge in [-0.3, -0.25) is 0 Å². The molecule has 1 saturated carbocycles. The van der Waals surface area contributed by atoms with Gasteiger partial charge in [0, 0.05) is 6.04 Å². The zero-order chi connectivity index (χ0) is 13.8. The van der Waals surface area contributed by atoms with E-state index in [2.05, 4.69) is 17.1 Å². The average Bonchev–Trinajstić information content (AvgIpc) is 2.81. The van der Waals surface area contributed by atoms with Gasteiger partial charge in [0.1, 0.15) is 5.82 Å². The number of esters is 1. The van der Waals surface area contributed by atoms with Crippen LogP contribution in [0.3, 0.4) is 0 Å². The number of ether oxygens (including phenoxy) is 1. The average molecular weight is 265 g/mol. The minimum Gasteiger partial charge on any atom is -0.460 e. The molecule has 1 aliphatic rings. The van der Waals surface area contributed by atoms with Gasteiger partial charge in [0.05, 0.1) is 6.61 Å². The monoisotopic (exact) mass is 265 g/mol.